The first-order chi connectivity index (χ1) is 8.72. The van der Waals surface area contributed by atoms with Gasteiger partial charge in [-0.2, -0.15) is 0 Å². The highest BCUT2D eigenvalue weighted by Crippen LogP contribution is 2.21. The Labute approximate surface area is 108 Å². The number of hydrogen-bond donors (Lipinski definition) is 0. The molecule has 0 radical (unpaired) electrons. The molecule has 0 bridgehead atoms. The lowest BCUT2D eigenvalue weighted by atomic mass is 10.0. The maximum absolute atomic E-state index is 5.40. The summed E-state index contributed by atoms with van der Waals surface area (Å²) >= 11 is 0. The van der Waals surface area contributed by atoms with Crippen molar-refractivity contribution in [1.29, 1.82) is 0 Å². The molecule has 4 heteroatoms. The molecule has 18 heavy (non-hydrogen) atoms. The summed E-state index contributed by atoms with van der Waals surface area (Å²) in [6, 6.07) is 6.38. The van der Waals surface area contributed by atoms with Gasteiger partial charge < -0.3 is 4.74 Å². The van der Waals surface area contributed by atoms with Crippen molar-refractivity contribution < 1.29 is 4.74 Å². The number of aryl methyl sites for hydroxylation is 4. The summed E-state index contributed by atoms with van der Waals surface area (Å²) in [5.74, 6) is 0.955. The van der Waals surface area contributed by atoms with E-state index in [1.807, 2.05) is 19.3 Å². The minimum Gasteiger partial charge on any atom is -0.496 e. The topological polar surface area (TPSA) is 39.9 Å². The minimum atomic E-state index is 0.886. The predicted molar refractivity (Wildman–Crippen MR) is 70.8 cm³/mol. The second-order valence-corrected chi connectivity index (χ2v) is 4.38. The molecule has 1 aromatic heterocycles. The number of ether oxygens (including phenoxy) is 1. The second kappa shape index (κ2) is 5.67. The highest BCUT2D eigenvalue weighted by molar-refractivity contribution is 5.37. The van der Waals surface area contributed by atoms with Gasteiger partial charge in [-0.3, -0.25) is 4.68 Å². The number of benzene rings is 1. The third-order valence-electron chi connectivity index (χ3n) is 3.05. The summed E-state index contributed by atoms with van der Waals surface area (Å²) in [6.45, 7) is 2.16. The van der Waals surface area contributed by atoms with Crippen LogP contribution in [-0.4, -0.2) is 22.1 Å². The molecule has 0 unspecified atom stereocenters. The van der Waals surface area contributed by atoms with Gasteiger partial charge in [0.1, 0.15) is 5.75 Å². The molecule has 0 aliphatic rings. The van der Waals surface area contributed by atoms with E-state index in [0.29, 0.717) is 0 Å². The lowest BCUT2D eigenvalue weighted by Crippen LogP contribution is -1.97. The first kappa shape index (κ1) is 12.6. The maximum Gasteiger partial charge on any atom is 0.122 e. The predicted octanol–water partition coefficient (Wildman–Crippen LogP) is 2.17. The van der Waals surface area contributed by atoms with E-state index in [1.165, 1.54) is 11.1 Å². The van der Waals surface area contributed by atoms with E-state index >= 15 is 0 Å². The van der Waals surface area contributed by atoms with Gasteiger partial charge in [0.15, 0.2) is 0 Å². The fourth-order valence-corrected chi connectivity index (χ4v) is 2.02. The lowest BCUT2D eigenvalue weighted by molar-refractivity contribution is 0.409. The molecule has 0 aliphatic heterocycles. The average molecular weight is 245 g/mol. The molecule has 1 heterocycles. The number of aromatic nitrogens is 3. The van der Waals surface area contributed by atoms with Gasteiger partial charge in [0, 0.05) is 13.2 Å². The molecule has 0 fully saturated rings. The Bertz CT molecular complexity index is 520. The Hall–Kier alpha value is -1.84. The van der Waals surface area contributed by atoms with E-state index in [0.717, 1.165) is 30.7 Å². The quantitative estimate of drug-likeness (QED) is 0.810. The Morgan fingerprint density at radius 1 is 1.28 bits per heavy atom. The Kier molecular flexibility index (Phi) is 3.97. The van der Waals surface area contributed by atoms with Gasteiger partial charge in [0.25, 0.3) is 0 Å². The molecule has 0 amide bonds. The highest BCUT2D eigenvalue weighted by Gasteiger charge is 2.06. The van der Waals surface area contributed by atoms with Gasteiger partial charge in [0.2, 0.25) is 0 Å². The number of rotatable bonds is 5. The van der Waals surface area contributed by atoms with Crippen LogP contribution in [0.2, 0.25) is 0 Å². The molecular weight excluding hydrogens is 226 g/mol. The molecule has 2 rings (SSSR count). The van der Waals surface area contributed by atoms with Gasteiger partial charge in [0.05, 0.1) is 12.8 Å². The summed E-state index contributed by atoms with van der Waals surface area (Å²) in [5, 5.41) is 8.04. The normalized spacial score (nSPS) is 10.6. The average Bonchev–Trinajstić information content (AvgIpc) is 2.81. The van der Waals surface area contributed by atoms with Gasteiger partial charge in [-0.25, -0.2) is 0 Å². The van der Waals surface area contributed by atoms with Crippen molar-refractivity contribution in [1.82, 2.24) is 15.0 Å². The van der Waals surface area contributed by atoms with Crippen molar-refractivity contribution in [2.24, 2.45) is 7.05 Å². The smallest absolute Gasteiger partial charge is 0.122 e. The number of methoxy groups -OCH3 is 1. The Morgan fingerprint density at radius 3 is 2.72 bits per heavy atom. The second-order valence-electron chi connectivity index (χ2n) is 4.38. The van der Waals surface area contributed by atoms with Crippen molar-refractivity contribution in [2.75, 3.05) is 7.11 Å². The third kappa shape index (κ3) is 2.88. The zero-order chi connectivity index (χ0) is 13.0. The molecule has 0 atom stereocenters. The maximum atomic E-state index is 5.40. The molecule has 0 spiro atoms. The van der Waals surface area contributed by atoms with Crippen LogP contribution in [0.5, 0.6) is 5.75 Å². The van der Waals surface area contributed by atoms with Crippen LogP contribution in [0.15, 0.2) is 24.4 Å². The lowest BCUT2D eigenvalue weighted by Gasteiger charge is -2.09. The van der Waals surface area contributed by atoms with E-state index in [9.17, 15) is 0 Å². The first-order valence-corrected chi connectivity index (χ1v) is 6.24. The van der Waals surface area contributed by atoms with Crippen LogP contribution < -0.4 is 4.74 Å². The number of hydrogen-bond acceptors (Lipinski definition) is 3. The van der Waals surface area contributed by atoms with Crippen LogP contribution in [0.25, 0.3) is 0 Å². The summed E-state index contributed by atoms with van der Waals surface area (Å²) in [5.41, 5.74) is 3.59. The molecule has 1 aromatic carbocycles. The third-order valence-corrected chi connectivity index (χ3v) is 3.05. The van der Waals surface area contributed by atoms with Crippen LogP contribution in [0.1, 0.15) is 23.7 Å². The van der Waals surface area contributed by atoms with Crippen molar-refractivity contribution in [3.8, 4) is 5.75 Å². The largest absolute Gasteiger partial charge is 0.496 e. The molecule has 4 nitrogen and oxygen atoms in total. The van der Waals surface area contributed by atoms with Crippen LogP contribution >= 0.6 is 0 Å². The van der Waals surface area contributed by atoms with Gasteiger partial charge in [-0.15, -0.1) is 5.10 Å². The van der Waals surface area contributed by atoms with Crippen LogP contribution in [0.3, 0.4) is 0 Å². The standard InChI is InChI=1S/C14H19N3O/c1-4-11-5-8-14(18-3)12(9-11)6-7-13-10-17(2)16-15-13/h5,8-10H,4,6-7H2,1-3H3. The summed E-state index contributed by atoms with van der Waals surface area (Å²) < 4.78 is 7.13. The van der Waals surface area contributed by atoms with Crippen LogP contribution in [0, 0.1) is 0 Å². The fraction of sp³-hybridized carbons (Fsp3) is 0.429. The molecule has 96 valence electrons. The van der Waals surface area contributed by atoms with Crippen LogP contribution in [-0.2, 0) is 26.3 Å². The fourth-order valence-electron chi connectivity index (χ4n) is 2.02. The molecular formula is C14H19N3O. The van der Waals surface area contributed by atoms with E-state index in [1.54, 1.807) is 11.8 Å². The Balaban J connectivity index is 2.11. The van der Waals surface area contributed by atoms with Gasteiger partial charge in [-0.05, 0) is 36.5 Å². The monoisotopic (exact) mass is 245 g/mol. The van der Waals surface area contributed by atoms with Gasteiger partial charge in [-0.1, -0.05) is 24.3 Å². The molecule has 0 N–H and O–H groups in total. The van der Waals surface area contributed by atoms with E-state index in [4.69, 9.17) is 4.74 Å². The summed E-state index contributed by atoms with van der Waals surface area (Å²) in [4.78, 5) is 0. The Morgan fingerprint density at radius 2 is 2.11 bits per heavy atom. The van der Waals surface area contributed by atoms with Crippen molar-refractivity contribution in [3.63, 3.8) is 0 Å². The van der Waals surface area contributed by atoms with E-state index in [2.05, 4.69) is 29.4 Å². The molecule has 0 saturated heterocycles. The highest BCUT2D eigenvalue weighted by atomic mass is 16.5. The summed E-state index contributed by atoms with van der Waals surface area (Å²) in [6.07, 6.45) is 4.81. The van der Waals surface area contributed by atoms with Crippen LogP contribution in [0.4, 0.5) is 0 Å². The van der Waals surface area contributed by atoms with E-state index < -0.39 is 0 Å². The van der Waals surface area contributed by atoms with Gasteiger partial charge >= 0.3 is 0 Å². The zero-order valence-electron chi connectivity index (χ0n) is 11.2. The molecule has 2 aromatic rings. The van der Waals surface area contributed by atoms with Crippen molar-refractivity contribution in [2.45, 2.75) is 26.2 Å². The SMILES string of the molecule is CCc1ccc(OC)c(CCc2cn(C)nn2)c1. The first-order valence-electron chi connectivity index (χ1n) is 6.24. The number of nitrogens with zero attached hydrogens (tertiary/aromatic N) is 3. The minimum absolute atomic E-state index is 0.886. The molecule has 0 aliphatic carbocycles. The van der Waals surface area contributed by atoms with Crippen molar-refractivity contribution in [3.05, 3.63) is 41.2 Å². The van der Waals surface area contributed by atoms with Crippen molar-refractivity contribution >= 4 is 0 Å². The summed E-state index contributed by atoms with van der Waals surface area (Å²) in [7, 11) is 3.60. The van der Waals surface area contributed by atoms with E-state index in [-0.39, 0.29) is 0 Å². The molecule has 0 saturated carbocycles. The zero-order valence-corrected chi connectivity index (χ0v) is 11.2.